The molecule has 0 bridgehead atoms. The monoisotopic (exact) mass is 417 g/mol. The Morgan fingerprint density at radius 3 is 2.13 bits per heavy atom. The van der Waals surface area contributed by atoms with Crippen LogP contribution in [-0.4, -0.2) is 92.0 Å². The average Bonchev–Trinajstić information content (AvgIpc) is 2.66. The summed E-state index contributed by atoms with van der Waals surface area (Å²) in [6.07, 6.45) is 0. The molecule has 30 heavy (non-hydrogen) atoms. The van der Waals surface area contributed by atoms with E-state index in [4.69, 9.17) is 0 Å². The van der Waals surface area contributed by atoms with Gasteiger partial charge in [0.2, 0.25) is 11.8 Å². The van der Waals surface area contributed by atoms with Crippen molar-refractivity contribution in [3.05, 3.63) is 29.8 Å². The highest BCUT2D eigenvalue weighted by Crippen LogP contribution is 2.14. The van der Waals surface area contributed by atoms with Crippen LogP contribution in [0.5, 0.6) is 0 Å². The Bertz CT molecular complexity index is 689. The summed E-state index contributed by atoms with van der Waals surface area (Å²) < 4.78 is 0. The first-order valence-corrected chi connectivity index (χ1v) is 10.9. The Morgan fingerprint density at radius 2 is 1.63 bits per heavy atom. The van der Waals surface area contributed by atoms with Crippen LogP contribution in [0.2, 0.25) is 0 Å². The Balaban J connectivity index is 1.79. The van der Waals surface area contributed by atoms with Crippen molar-refractivity contribution >= 4 is 17.5 Å². The summed E-state index contributed by atoms with van der Waals surface area (Å²) in [6, 6.07) is 8.48. The second kappa shape index (κ2) is 10.8. The molecule has 0 aromatic heterocycles. The topological polar surface area (TPSA) is 59.1 Å². The molecule has 1 aromatic rings. The molecule has 168 valence electrons. The summed E-state index contributed by atoms with van der Waals surface area (Å²) in [5, 5.41) is 3.00. The number of amides is 2. The van der Waals surface area contributed by atoms with Crippen LogP contribution >= 0.6 is 0 Å². The molecule has 7 nitrogen and oxygen atoms in total. The van der Waals surface area contributed by atoms with Crippen molar-refractivity contribution in [2.75, 3.05) is 64.8 Å². The molecule has 1 aromatic carbocycles. The van der Waals surface area contributed by atoms with E-state index in [2.05, 4.69) is 51.2 Å². The smallest absolute Gasteiger partial charge is 0.236 e. The number of nitrogens with zero attached hydrogens (tertiary/aromatic N) is 4. The molecule has 0 atom stereocenters. The molecule has 2 amide bonds. The minimum Gasteiger partial charge on any atom is -0.378 e. The Morgan fingerprint density at radius 1 is 1.03 bits per heavy atom. The zero-order valence-electron chi connectivity index (χ0n) is 19.6. The molecule has 1 heterocycles. The van der Waals surface area contributed by atoms with E-state index < -0.39 is 0 Å². The van der Waals surface area contributed by atoms with Gasteiger partial charge in [-0.05, 0) is 45.0 Å². The van der Waals surface area contributed by atoms with E-state index >= 15 is 0 Å². The number of likely N-dealkylation sites (N-methyl/N-ethyl adjacent to an activating group) is 1. The first-order valence-electron chi connectivity index (χ1n) is 10.9. The summed E-state index contributed by atoms with van der Waals surface area (Å²) >= 11 is 0. The summed E-state index contributed by atoms with van der Waals surface area (Å²) in [6.45, 7) is 13.3. The molecule has 0 aliphatic carbocycles. The van der Waals surface area contributed by atoms with Gasteiger partial charge in [-0.15, -0.1) is 0 Å². The molecule has 1 saturated heterocycles. The third-order valence-corrected chi connectivity index (χ3v) is 5.27. The molecule has 0 radical (unpaired) electrons. The highest BCUT2D eigenvalue weighted by Gasteiger charge is 2.24. The van der Waals surface area contributed by atoms with Crippen LogP contribution in [0, 0.1) is 0 Å². The van der Waals surface area contributed by atoms with Crippen molar-refractivity contribution in [1.82, 2.24) is 20.0 Å². The second-order valence-electron chi connectivity index (χ2n) is 9.32. The molecule has 0 unspecified atom stereocenters. The van der Waals surface area contributed by atoms with E-state index in [9.17, 15) is 9.59 Å². The van der Waals surface area contributed by atoms with Crippen molar-refractivity contribution < 1.29 is 9.59 Å². The van der Waals surface area contributed by atoms with Crippen molar-refractivity contribution in [3.63, 3.8) is 0 Å². The van der Waals surface area contributed by atoms with E-state index in [1.807, 2.05) is 39.8 Å². The quantitative estimate of drug-likeness (QED) is 0.697. The lowest BCUT2D eigenvalue weighted by atomic mass is 10.1. The normalized spacial score (nSPS) is 15.4. The molecule has 2 rings (SSSR count). The zero-order chi connectivity index (χ0) is 22.3. The number of hydrogen-bond acceptors (Lipinski definition) is 5. The third-order valence-electron chi connectivity index (χ3n) is 5.27. The number of nitrogens with one attached hydrogen (secondary N) is 1. The number of carbonyl (C=O) groups excluding carboxylic acids is 2. The maximum absolute atomic E-state index is 12.8. The van der Waals surface area contributed by atoms with E-state index in [1.54, 1.807) is 0 Å². The first-order chi connectivity index (χ1) is 14.1. The number of piperazine rings is 1. The van der Waals surface area contributed by atoms with Crippen LogP contribution in [0.15, 0.2) is 24.3 Å². The van der Waals surface area contributed by atoms with Gasteiger partial charge in [0.1, 0.15) is 0 Å². The fourth-order valence-electron chi connectivity index (χ4n) is 3.54. The summed E-state index contributed by atoms with van der Waals surface area (Å²) in [5.41, 5.74) is 2.17. The van der Waals surface area contributed by atoms with Crippen LogP contribution in [0.1, 0.15) is 33.3 Å². The molecule has 0 saturated carbocycles. The SMILES string of the molecule is CCN(CC(=O)N1CCN(CC(=O)NC(C)(C)C)CC1)Cc1ccc(N(C)C)cc1. The molecule has 0 spiro atoms. The lowest BCUT2D eigenvalue weighted by Gasteiger charge is -2.36. The van der Waals surface area contributed by atoms with Crippen molar-refractivity contribution in [2.45, 2.75) is 39.8 Å². The molecule has 7 heteroatoms. The van der Waals surface area contributed by atoms with Gasteiger partial charge < -0.3 is 15.1 Å². The van der Waals surface area contributed by atoms with E-state index in [0.717, 1.165) is 26.2 Å². The molecule has 1 aliphatic rings. The second-order valence-corrected chi connectivity index (χ2v) is 9.32. The van der Waals surface area contributed by atoms with E-state index in [1.165, 1.54) is 11.3 Å². The van der Waals surface area contributed by atoms with Gasteiger partial charge in [-0.3, -0.25) is 19.4 Å². The number of benzene rings is 1. The Hall–Kier alpha value is -2.12. The largest absolute Gasteiger partial charge is 0.378 e. The summed E-state index contributed by atoms with van der Waals surface area (Å²) in [7, 11) is 4.06. The lowest BCUT2D eigenvalue weighted by Crippen LogP contribution is -2.54. The predicted octanol–water partition coefficient (Wildman–Crippen LogP) is 1.63. The Labute approximate surface area is 182 Å². The van der Waals surface area contributed by atoms with Crippen LogP contribution in [0.3, 0.4) is 0 Å². The first kappa shape index (κ1) is 24.2. The zero-order valence-corrected chi connectivity index (χ0v) is 19.6. The average molecular weight is 418 g/mol. The number of rotatable bonds is 8. The number of hydrogen-bond donors (Lipinski definition) is 1. The van der Waals surface area contributed by atoms with Gasteiger partial charge in [0.05, 0.1) is 13.1 Å². The third kappa shape index (κ3) is 7.95. The Kier molecular flexibility index (Phi) is 8.67. The fraction of sp³-hybridized carbons (Fsp3) is 0.652. The standard InChI is InChI=1S/C23H39N5O2/c1-7-26(16-19-8-10-20(11-9-19)25(5)6)18-22(30)28-14-12-27(13-15-28)17-21(29)24-23(2,3)4/h8-11H,7,12-18H2,1-6H3,(H,24,29). The maximum Gasteiger partial charge on any atom is 0.236 e. The minimum absolute atomic E-state index is 0.0414. The van der Waals surface area contributed by atoms with Crippen molar-refractivity contribution in [3.8, 4) is 0 Å². The number of anilines is 1. The molecule has 1 N–H and O–H groups in total. The maximum atomic E-state index is 12.8. The fourth-order valence-corrected chi connectivity index (χ4v) is 3.54. The van der Waals surface area contributed by atoms with Gasteiger partial charge in [0.25, 0.3) is 0 Å². The lowest BCUT2D eigenvalue weighted by molar-refractivity contribution is -0.134. The van der Waals surface area contributed by atoms with Gasteiger partial charge in [-0.25, -0.2) is 0 Å². The van der Waals surface area contributed by atoms with E-state index in [0.29, 0.717) is 26.2 Å². The molecular weight excluding hydrogens is 378 g/mol. The molecular formula is C23H39N5O2. The van der Waals surface area contributed by atoms with Gasteiger partial charge in [-0.1, -0.05) is 19.1 Å². The molecule has 1 aliphatic heterocycles. The molecule has 1 fully saturated rings. The predicted molar refractivity (Wildman–Crippen MR) is 123 cm³/mol. The van der Waals surface area contributed by atoms with Crippen LogP contribution in [0.4, 0.5) is 5.69 Å². The van der Waals surface area contributed by atoms with Crippen LogP contribution in [0.25, 0.3) is 0 Å². The summed E-state index contributed by atoms with van der Waals surface area (Å²) in [5.74, 6) is 0.209. The van der Waals surface area contributed by atoms with Crippen molar-refractivity contribution in [1.29, 1.82) is 0 Å². The minimum atomic E-state index is -0.217. The van der Waals surface area contributed by atoms with Gasteiger partial charge in [0.15, 0.2) is 0 Å². The van der Waals surface area contributed by atoms with Gasteiger partial charge in [0, 0.05) is 58.0 Å². The van der Waals surface area contributed by atoms with Crippen LogP contribution in [-0.2, 0) is 16.1 Å². The number of carbonyl (C=O) groups is 2. The van der Waals surface area contributed by atoms with E-state index in [-0.39, 0.29) is 17.4 Å². The highest BCUT2D eigenvalue weighted by atomic mass is 16.2. The van der Waals surface area contributed by atoms with Gasteiger partial charge in [-0.2, -0.15) is 0 Å². The van der Waals surface area contributed by atoms with Crippen LogP contribution < -0.4 is 10.2 Å². The van der Waals surface area contributed by atoms with Gasteiger partial charge >= 0.3 is 0 Å². The van der Waals surface area contributed by atoms with Crippen molar-refractivity contribution in [2.24, 2.45) is 0 Å². The highest BCUT2D eigenvalue weighted by molar-refractivity contribution is 5.79. The summed E-state index contributed by atoms with van der Waals surface area (Å²) in [4.78, 5) is 33.2.